The van der Waals surface area contributed by atoms with Crippen LogP contribution in [0, 0.1) is 11.3 Å². The molecule has 0 spiro atoms. The normalized spacial score (nSPS) is 12.0. The van der Waals surface area contributed by atoms with Gasteiger partial charge in [-0.15, -0.1) is 0 Å². The van der Waals surface area contributed by atoms with E-state index in [1.165, 1.54) is 18.2 Å². The Kier molecular flexibility index (Phi) is 5.19. The molecule has 0 saturated carbocycles. The summed E-state index contributed by atoms with van der Waals surface area (Å²) in [7, 11) is -3.93. The zero-order valence-electron chi connectivity index (χ0n) is 13.2. The molecule has 0 aliphatic heterocycles. The number of rotatable bonds is 4. The molecule has 4 nitrogen and oxygen atoms in total. The molecule has 0 bridgehead atoms. The van der Waals surface area contributed by atoms with Crippen LogP contribution in [0.4, 0.5) is 0 Å². The molecule has 3 aromatic rings. The highest BCUT2D eigenvalue weighted by molar-refractivity contribution is 7.95. The molecular formula is C19H11Cl2NO3S. The summed E-state index contributed by atoms with van der Waals surface area (Å²) in [6.07, 6.45) is 1.18. The first kappa shape index (κ1) is 18.3. The quantitative estimate of drug-likeness (QED) is 0.532. The number of allylic oxidation sites excluding steroid dienone is 1. The Bertz CT molecular complexity index is 1130. The van der Waals surface area contributed by atoms with Gasteiger partial charge in [0.2, 0.25) is 9.84 Å². The molecule has 0 N–H and O–H groups in total. The average Bonchev–Trinajstić information content (AvgIpc) is 3.10. The van der Waals surface area contributed by atoms with E-state index in [4.69, 9.17) is 27.6 Å². The van der Waals surface area contributed by atoms with E-state index >= 15 is 0 Å². The van der Waals surface area contributed by atoms with Crippen molar-refractivity contribution >= 4 is 39.1 Å². The van der Waals surface area contributed by atoms with Gasteiger partial charge in [-0.25, -0.2) is 8.42 Å². The fourth-order valence-corrected chi connectivity index (χ4v) is 3.83. The second-order valence-corrected chi connectivity index (χ2v) is 8.02. The average molecular weight is 404 g/mol. The number of sulfone groups is 1. The molecule has 3 rings (SSSR count). The Morgan fingerprint density at radius 1 is 1.04 bits per heavy atom. The SMILES string of the molecule is N#C/C(=C\c1ccc(-c2cc(Cl)ccc2Cl)o1)S(=O)(=O)c1ccccc1. The molecule has 0 fully saturated rings. The van der Waals surface area contributed by atoms with Crippen LogP contribution in [-0.2, 0) is 9.84 Å². The summed E-state index contributed by atoms with van der Waals surface area (Å²) in [4.78, 5) is -0.376. The van der Waals surface area contributed by atoms with E-state index in [-0.39, 0.29) is 10.7 Å². The van der Waals surface area contributed by atoms with Crippen LogP contribution < -0.4 is 0 Å². The van der Waals surface area contributed by atoms with Crippen LogP contribution in [0.5, 0.6) is 0 Å². The van der Waals surface area contributed by atoms with Gasteiger partial charge in [0.15, 0.2) is 4.91 Å². The molecule has 0 amide bonds. The number of furan rings is 1. The lowest BCUT2D eigenvalue weighted by Gasteiger charge is -2.02. The van der Waals surface area contributed by atoms with E-state index in [2.05, 4.69) is 0 Å². The molecular weight excluding hydrogens is 393 g/mol. The second-order valence-electron chi connectivity index (χ2n) is 5.26. The predicted molar refractivity (Wildman–Crippen MR) is 101 cm³/mol. The maximum absolute atomic E-state index is 12.6. The zero-order valence-corrected chi connectivity index (χ0v) is 15.5. The Hall–Kier alpha value is -2.52. The highest BCUT2D eigenvalue weighted by Crippen LogP contribution is 2.32. The maximum atomic E-state index is 12.6. The first-order valence-electron chi connectivity index (χ1n) is 7.39. The Morgan fingerprint density at radius 3 is 2.46 bits per heavy atom. The van der Waals surface area contributed by atoms with Gasteiger partial charge in [0.25, 0.3) is 0 Å². The van der Waals surface area contributed by atoms with Crippen molar-refractivity contribution in [2.75, 3.05) is 0 Å². The topological polar surface area (TPSA) is 71.1 Å². The van der Waals surface area contributed by atoms with Gasteiger partial charge in [-0.3, -0.25) is 0 Å². The van der Waals surface area contributed by atoms with E-state index in [1.807, 2.05) is 0 Å². The number of nitrogens with zero attached hydrogens (tertiary/aromatic N) is 1. The van der Waals surface area contributed by atoms with E-state index < -0.39 is 14.7 Å². The van der Waals surface area contributed by atoms with Gasteiger partial charge < -0.3 is 4.42 Å². The minimum Gasteiger partial charge on any atom is -0.457 e. The number of halogens is 2. The second kappa shape index (κ2) is 7.38. The first-order valence-corrected chi connectivity index (χ1v) is 9.63. The third-order valence-electron chi connectivity index (χ3n) is 3.55. The van der Waals surface area contributed by atoms with Crippen LogP contribution in [0.1, 0.15) is 5.76 Å². The van der Waals surface area contributed by atoms with Gasteiger partial charge in [0.05, 0.1) is 9.92 Å². The first-order chi connectivity index (χ1) is 12.4. The molecule has 0 unspecified atom stereocenters. The van der Waals surface area contributed by atoms with Crippen LogP contribution in [0.2, 0.25) is 10.0 Å². The summed E-state index contributed by atoms with van der Waals surface area (Å²) < 4.78 is 30.8. The van der Waals surface area contributed by atoms with Crippen molar-refractivity contribution in [3.05, 3.63) is 81.4 Å². The monoisotopic (exact) mass is 403 g/mol. The van der Waals surface area contributed by atoms with Gasteiger partial charge >= 0.3 is 0 Å². The van der Waals surface area contributed by atoms with Crippen LogP contribution in [0.3, 0.4) is 0 Å². The predicted octanol–water partition coefficient (Wildman–Crippen LogP) is 5.59. The van der Waals surface area contributed by atoms with Crippen molar-refractivity contribution in [1.82, 2.24) is 0 Å². The van der Waals surface area contributed by atoms with Crippen LogP contribution in [-0.4, -0.2) is 8.42 Å². The summed E-state index contributed by atoms with van der Waals surface area (Å²) in [5, 5.41) is 10.2. The van der Waals surface area contributed by atoms with Crippen molar-refractivity contribution in [2.24, 2.45) is 0 Å². The van der Waals surface area contributed by atoms with Gasteiger partial charge in [-0.1, -0.05) is 41.4 Å². The number of hydrogen-bond donors (Lipinski definition) is 0. The lowest BCUT2D eigenvalue weighted by atomic mass is 10.2. The van der Waals surface area contributed by atoms with Crippen molar-refractivity contribution < 1.29 is 12.8 Å². The molecule has 0 aliphatic rings. The van der Waals surface area contributed by atoms with Crippen molar-refractivity contribution in [1.29, 1.82) is 5.26 Å². The van der Waals surface area contributed by atoms with E-state index in [0.717, 1.165) is 0 Å². The van der Waals surface area contributed by atoms with Crippen molar-refractivity contribution in [3.63, 3.8) is 0 Å². The zero-order chi connectivity index (χ0) is 18.7. The van der Waals surface area contributed by atoms with Crippen LogP contribution in [0.15, 0.2) is 74.9 Å². The molecule has 7 heteroatoms. The number of benzene rings is 2. The fraction of sp³-hybridized carbons (Fsp3) is 0. The molecule has 130 valence electrons. The van der Waals surface area contributed by atoms with Gasteiger partial charge in [0.1, 0.15) is 17.6 Å². The smallest absolute Gasteiger partial charge is 0.216 e. The van der Waals surface area contributed by atoms with E-state index in [0.29, 0.717) is 21.4 Å². The highest BCUT2D eigenvalue weighted by atomic mass is 35.5. The van der Waals surface area contributed by atoms with Crippen molar-refractivity contribution in [2.45, 2.75) is 4.90 Å². The molecule has 0 radical (unpaired) electrons. The third kappa shape index (κ3) is 3.68. The maximum Gasteiger partial charge on any atom is 0.216 e. The van der Waals surface area contributed by atoms with Gasteiger partial charge in [-0.2, -0.15) is 5.26 Å². The van der Waals surface area contributed by atoms with Gasteiger partial charge in [-0.05, 0) is 42.5 Å². The number of nitriles is 1. The van der Waals surface area contributed by atoms with Crippen molar-refractivity contribution in [3.8, 4) is 17.4 Å². The van der Waals surface area contributed by atoms with Crippen LogP contribution in [0.25, 0.3) is 17.4 Å². The molecule has 26 heavy (non-hydrogen) atoms. The molecule has 0 atom stereocenters. The van der Waals surface area contributed by atoms with E-state index in [9.17, 15) is 13.7 Å². The summed E-state index contributed by atoms with van der Waals surface area (Å²) >= 11 is 12.1. The third-order valence-corrected chi connectivity index (χ3v) is 5.79. The number of hydrogen-bond acceptors (Lipinski definition) is 4. The lowest BCUT2D eigenvalue weighted by molar-refractivity contribution is 0.571. The van der Waals surface area contributed by atoms with E-state index in [1.54, 1.807) is 54.6 Å². The molecule has 0 aliphatic carbocycles. The lowest BCUT2D eigenvalue weighted by Crippen LogP contribution is -2.03. The molecule has 2 aromatic carbocycles. The highest BCUT2D eigenvalue weighted by Gasteiger charge is 2.21. The Balaban J connectivity index is 2.01. The molecule has 1 heterocycles. The fourth-order valence-electron chi connectivity index (χ4n) is 2.29. The summed E-state index contributed by atoms with van der Waals surface area (Å²) in [5.74, 6) is 0.630. The Labute approximate surface area is 160 Å². The standard InChI is InChI=1S/C19H11Cl2NO3S/c20-13-6-8-18(21)17(10-13)19-9-7-14(25-19)11-16(12-22)26(23,24)15-4-2-1-3-5-15/h1-11H/b16-11+. The minimum absolute atomic E-state index is 0.0393. The molecule has 1 aromatic heterocycles. The van der Waals surface area contributed by atoms with Gasteiger partial charge in [0, 0.05) is 16.7 Å². The summed E-state index contributed by atoms with van der Waals surface area (Å²) in [5.41, 5.74) is 0.572. The largest absolute Gasteiger partial charge is 0.457 e. The summed E-state index contributed by atoms with van der Waals surface area (Å²) in [6, 6.07) is 17.6. The Morgan fingerprint density at radius 2 is 1.77 bits per heavy atom. The van der Waals surface area contributed by atoms with Crippen LogP contribution >= 0.6 is 23.2 Å². The molecule has 0 saturated heterocycles. The summed E-state index contributed by atoms with van der Waals surface area (Å²) in [6.45, 7) is 0. The minimum atomic E-state index is -3.93.